The van der Waals surface area contributed by atoms with Gasteiger partial charge >= 0.3 is 0 Å². The largest absolute Gasteiger partial charge is 0.207 e. The van der Waals surface area contributed by atoms with Gasteiger partial charge in [-0.15, -0.1) is 0 Å². The maximum absolute atomic E-state index is 13.3. The van der Waals surface area contributed by atoms with E-state index in [1.54, 1.807) is 0 Å². The maximum Gasteiger partial charge on any atom is 0.127 e. The fraction of sp³-hybridized carbons (Fsp3) is 0.400. The van der Waals surface area contributed by atoms with Crippen LogP contribution in [0.25, 0.3) is 0 Å². The van der Waals surface area contributed by atoms with E-state index in [0.717, 1.165) is 12.1 Å². The minimum atomic E-state index is -0.398. The molecule has 0 amide bonds. The lowest BCUT2D eigenvalue weighted by Gasteiger charge is -2.22. The Balaban J connectivity index is 3.20. The average molecular weight is 249 g/mol. The highest BCUT2D eigenvalue weighted by molar-refractivity contribution is 9.09. The molecule has 0 aromatic heterocycles. The van der Waals surface area contributed by atoms with Crippen molar-refractivity contribution in [1.29, 1.82) is 0 Å². The van der Waals surface area contributed by atoms with E-state index in [9.17, 15) is 8.78 Å². The molecule has 3 heteroatoms. The van der Waals surface area contributed by atoms with Crippen LogP contribution in [0.3, 0.4) is 0 Å². The minimum absolute atomic E-state index is 0.356. The summed E-state index contributed by atoms with van der Waals surface area (Å²) in [5.41, 5.74) is 0.0241. The van der Waals surface area contributed by atoms with Crippen molar-refractivity contribution in [1.82, 2.24) is 0 Å². The van der Waals surface area contributed by atoms with Crippen LogP contribution in [-0.2, 0) is 5.41 Å². The fourth-order valence-electron chi connectivity index (χ4n) is 1.09. The van der Waals surface area contributed by atoms with Crippen LogP contribution in [0.2, 0.25) is 0 Å². The zero-order chi connectivity index (χ0) is 10.1. The second-order valence-corrected chi connectivity index (χ2v) is 4.20. The highest BCUT2D eigenvalue weighted by atomic mass is 79.9. The molecule has 0 nitrogen and oxygen atoms in total. The Hall–Kier alpha value is -0.440. The molecule has 72 valence electrons. The first-order chi connectivity index (χ1) is 5.97. The molecule has 13 heavy (non-hydrogen) atoms. The van der Waals surface area contributed by atoms with Crippen LogP contribution in [0.5, 0.6) is 0 Å². The average Bonchev–Trinajstić information content (AvgIpc) is 2.09. The molecular formula is C10H11BrF2. The van der Waals surface area contributed by atoms with Crippen LogP contribution in [0.4, 0.5) is 8.78 Å². The molecule has 0 fully saturated rings. The van der Waals surface area contributed by atoms with Gasteiger partial charge in [-0.3, -0.25) is 0 Å². The van der Waals surface area contributed by atoms with E-state index in [1.807, 2.05) is 13.8 Å². The molecule has 0 heterocycles. The molecule has 0 radical (unpaired) electrons. The topological polar surface area (TPSA) is 0 Å². The molecular weight excluding hydrogens is 238 g/mol. The monoisotopic (exact) mass is 248 g/mol. The molecule has 0 unspecified atom stereocenters. The smallest absolute Gasteiger partial charge is 0.127 e. The van der Waals surface area contributed by atoms with Gasteiger partial charge in [0, 0.05) is 10.7 Å². The molecule has 0 aliphatic heterocycles. The van der Waals surface area contributed by atoms with Crippen LogP contribution in [0, 0.1) is 11.6 Å². The van der Waals surface area contributed by atoms with E-state index < -0.39 is 5.82 Å². The molecule has 1 rings (SSSR count). The van der Waals surface area contributed by atoms with Gasteiger partial charge in [-0.2, -0.15) is 0 Å². The van der Waals surface area contributed by atoms with Crippen molar-refractivity contribution < 1.29 is 8.78 Å². The summed E-state index contributed by atoms with van der Waals surface area (Å²) < 4.78 is 26.1. The van der Waals surface area contributed by atoms with Gasteiger partial charge in [0.2, 0.25) is 0 Å². The SMILES string of the molecule is CC(C)(CBr)c1cc(F)ccc1F. The second-order valence-electron chi connectivity index (χ2n) is 3.64. The summed E-state index contributed by atoms with van der Waals surface area (Å²) in [7, 11) is 0. The van der Waals surface area contributed by atoms with Crippen molar-refractivity contribution in [2.24, 2.45) is 0 Å². The van der Waals surface area contributed by atoms with Crippen LogP contribution in [0.15, 0.2) is 18.2 Å². The molecule has 0 N–H and O–H groups in total. The molecule has 0 atom stereocenters. The van der Waals surface area contributed by atoms with Crippen LogP contribution in [0.1, 0.15) is 19.4 Å². The molecule has 0 aliphatic carbocycles. The second kappa shape index (κ2) is 3.74. The first-order valence-electron chi connectivity index (χ1n) is 3.99. The summed E-state index contributed by atoms with van der Waals surface area (Å²) in [5, 5.41) is 0.598. The number of alkyl halides is 1. The fourth-order valence-corrected chi connectivity index (χ4v) is 1.39. The number of hydrogen-bond acceptors (Lipinski definition) is 0. The lowest BCUT2D eigenvalue weighted by Crippen LogP contribution is -2.20. The summed E-state index contributed by atoms with van der Waals surface area (Å²) in [6.07, 6.45) is 0. The minimum Gasteiger partial charge on any atom is -0.207 e. The van der Waals surface area contributed by atoms with Gasteiger partial charge in [0.05, 0.1) is 0 Å². The van der Waals surface area contributed by atoms with Crippen LogP contribution < -0.4 is 0 Å². The summed E-state index contributed by atoms with van der Waals surface area (Å²) in [6.45, 7) is 3.72. The van der Waals surface area contributed by atoms with Crippen LogP contribution in [-0.4, -0.2) is 5.33 Å². The predicted molar refractivity (Wildman–Crippen MR) is 53.2 cm³/mol. The first-order valence-corrected chi connectivity index (χ1v) is 5.11. The van der Waals surface area contributed by atoms with E-state index in [2.05, 4.69) is 15.9 Å². The zero-order valence-electron chi connectivity index (χ0n) is 7.57. The third kappa shape index (κ3) is 2.27. The van der Waals surface area contributed by atoms with Crippen molar-refractivity contribution in [3.8, 4) is 0 Å². The van der Waals surface area contributed by atoms with Crippen molar-refractivity contribution >= 4 is 15.9 Å². The van der Waals surface area contributed by atoms with Crippen molar-refractivity contribution in [3.63, 3.8) is 0 Å². The van der Waals surface area contributed by atoms with E-state index in [0.29, 0.717) is 10.9 Å². The standard InChI is InChI=1S/C10H11BrF2/c1-10(2,6-11)8-5-7(12)3-4-9(8)13/h3-5H,6H2,1-2H3. The summed E-state index contributed by atoms with van der Waals surface area (Å²) in [5.74, 6) is -0.753. The zero-order valence-corrected chi connectivity index (χ0v) is 9.16. The van der Waals surface area contributed by atoms with Crippen molar-refractivity contribution in [2.45, 2.75) is 19.3 Å². The predicted octanol–water partition coefficient (Wildman–Crippen LogP) is 3.64. The molecule has 0 bridgehead atoms. The number of halogens is 3. The Morgan fingerprint density at radius 2 is 1.92 bits per heavy atom. The van der Waals surface area contributed by atoms with Gasteiger partial charge < -0.3 is 0 Å². The van der Waals surface area contributed by atoms with Gasteiger partial charge in [-0.05, 0) is 23.8 Å². The Morgan fingerprint density at radius 1 is 1.31 bits per heavy atom. The summed E-state index contributed by atoms with van der Waals surface area (Å²) in [4.78, 5) is 0. The normalized spacial score (nSPS) is 11.8. The highest BCUT2D eigenvalue weighted by Crippen LogP contribution is 2.28. The molecule has 0 spiro atoms. The molecule has 0 saturated heterocycles. The van der Waals surface area contributed by atoms with Gasteiger partial charge in [-0.25, -0.2) is 8.78 Å². The van der Waals surface area contributed by atoms with E-state index in [-0.39, 0.29) is 11.2 Å². The van der Waals surface area contributed by atoms with E-state index in [1.165, 1.54) is 6.07 Å². The summed E-state index contributed by atoms with van der Waals surface area (Å²) in [6, 6.07) is 3.54. The maximum atomic E-state index is 13.3. The van der Waals surface area contributed by atoms with Gasteiger partial charge in [-0.1, -0.05) is 29.8 Å². The quantitative estimate of drug-likeness (QED) is 0.702. The van der Waals surface area contributed by atoms with Gasteiger partial charge in [0.25, 0.3) is 0 Å². The van der Waals surface area contributed by atoms with E-state index >= 15 is 0 Å². The Kier molecular flexibility index (Phi) is 3.06. The molecule has 0 aliphatic rings. The number of rotatable bonds is 2. The lowest BCUT2D eigenvalue weighted by molar-refractivity contribution is 0.519. The van der Waals surface area contributed by atoms with Crippen LogP contribution >= 0.6 is 15.9 Å². The Morgan fingerprint density at radius 3 is 2.46 bits per heavy atom. The third-order valence-corrected chi connectivity index (χ3v) is 3.39. The summed E-state index contributed by atoms with van der Waals surface area (Å²) >= 11 is 3.28. The van der Waals surface area contributed by atoms with Crippen molar-refractivity contribution in [3.05, 3.63) is 35.4 Å². The molecule has 1 aromatic carbocycles. The van der Waals surface area contributed by atoms with Gasteiger partial charge in [0.1, 0.15) is 11.6 Å². The molecule has 0 saturated carbocycles. The Labute approximate surface area is 85.1 Å². The highest BCUT2D eigenvalue weighted by Gasteiger charge is 2.23. The van der Waals surface area contributed by atoms with Crippen molar-refractivity contribution in [2.75, 3.05) is 5.33 Å². The lowest BCUT2D eigenvalue weighted by atomic mass is 9.86. The van der Waals surface area contributed by atoms with Gasteiger partial charge in [0.15, 0.2) is 0 Å². The Bertz CT molecular complexity index is 308. The first kappa shape index (κ1) is 10.6. The molecule has 1 aromatic rings. The third-order valence-electron chi connectivity index (χ3n) is 1.99. The number of hydrogen-bond donors (Lipinski definition) is 0. The number of benzene rings is 1. The van der Waals surface area contributed by atoms with E-state index in [4.69, 9.17) is 0 Å².